The predicted octanol–water partition coefficient (Wildman–Crippen LogP) is 2.12. The lowest BCUT2D eigenvalue weighted by Crippen LogP contribution is -2.36. The largest absolute Gasteiger partial charge is 0.405 e. The molecule has 2 nitrogen and oxygen atoms in total. The first-order chi connectivity index (χ1) is 5.84. The molecule has 0 aliphatic rings. The summed E-state index contributed by atoms with van der Waals surface area (Å²) in [6.07, 6.45) is -5.27. The number of carbonyl (C=O) groups is 2. The van der Waals surface area contributed by atoms with Crippen molar-refractivity contribution in [2.45, 2.75) is 32.9 Å². The van der Waals surface area contributed by atoms with Gasteiger partial charge in [-0.25, -0.2) is 0 Å². The van der Waals surface area contributed by atoms with Crippen LogP contribution in [0.25, 0.3) is 0 Å². The highest BCUT2D eigenvalue weighted by atomic mass is 19.4. The van der Waals surface area contributed by atoms with Gasteiger partial charge in [0.15, 0.2) is 17.5 Å². The minimum atomic E-state index is -4.74. The standard InChI is InChI=1S/C8H11F3O2/c1-3-5(12)7(6(13)4-2)8(9,10)11/h7H,3-4H2,1-2H3. The molecule has 0 bridgehead atoms. The van der Waals surface area contributed by atoms with Gasteiger partial charge >= 0.3 is 6.18 Å². The van der Waals surface area contributed by atoms with Gasteiger partial charge in [0.05, 0.1) is 0 Å². The number of halogens is 3. The van der Waals surface area contributed by atoms with Crippen molar-refractivity contribution in [3.05, 3.63) is 0 Å². The third-order valence-corrected chi connectivity index (χ3v) is 1.67. The van der Waals surface area contributed by atoms with Gasteiger partial charge in [-0.05, 0) is 0 Å². The van der Waals surface area contributed by atoms with E-state index in [1.54, 1.807) is 0 Å². The van der Waals surface area contributed by atoms with E-state index in [1.807, 2.05) is 0 Å². The fraction of sp³-hybridized carbons (Fsp3) is 0.750. The lowest BCUT2D eigenvalue weighted by molar-refractivity contribution is -0.184. The van der Waals surface area contributed by atoms with Crippen LogP contribution < -0.4 is 0 Å². The molecular formula is C8H11F3O2. The molecule has 5 heteroatoms. The van der Waals surface area contributed by atoms with Crippen molar-refractivity contribution in [3.63, 3.8) is 0 Å². The van der Waals surface area contributed by atoms with Crippen LogP contribution in [0.15, 0.2) is 0 Å². The molecule has 0 radical (unpaired) electrons. The molecule has 0 saturated carbocycles. The lowest BCUT2D eigenvalue weighted by Gasteiger charge is -2.16. The summed E-state index contributed by atoms with van der Waals surface area (Å²) >= 11 is 0. The Morgan fingerprint density at radius 1 is 1.08 bits per heavy atom. The molecule has 0 N–H and O–H groups in total. The zero-order chi connectivity index (χ0) is 10.6. The van der Waals surface area contributed by atoms with Gasteiger partial charge in [0.2, 0.25) is 0 Å². The highest BCUT2D eigenvalue weighted by Gasteiger charge is 2.47. The van der Waals surface area contributed by atoms with E-state index in [0.29, 0.717) is 0 Å². The molecule has 0 aliphatic carbocycles. The second-order valence-corrected chi connectivity index (χ2v) is 2.61. The molecule has 0 amide bonds. The molecule has 0 unspecified atom stereocenters. The Morgan fingerprint density at radius 2 is 1.38 bits per heavy atom. The first-order valence-electron chi connectivity index (χ1n) is 3.96. The molecule has 0 heterocycles. The molecule has 0 aliphatic heterocycles. The van der Waals surface area contributed by atoms with Crippen LogP contribution in [0.2, 0.25) is 0 Å². The first-order valence-corrected chi connectivity index (χ1v) is 3.96. The van der Waals surface area contributed by atoms with Gasteiger partial charge in [-0.2, -0.15) is 13.2 Å². The summed E-state index contributed by atoms with van der Waals surface area (Å²) < 4.78 is 36.5. The highest BCUT2D eigenvalue weighted by molar-refractivity contribution is 6.02. The summed E-state index contributed by atoms with van der Waals surface area (Å²) in [5.41, 5.74) is 0. The van der Waals surface area contributed by atoms with Crippen LogP contribution in [0.5, 0.6) is 0 Å². The molecule has 0 atom stereocenters. The van der Waals surface area contributed by atoms with Gasteiger partial charge in [-0.15, -0.1) is 0 Å². The molecule has 0 spiro atoms. The van der Waals surface area contributed by atoms with Crippen molar-refractivity contribution in [3.8, 4) is 0 Å². The quantitative estimate of drug-likeness (QED) is 0.645. The number of hydrogen-bond donors (Lipinski definition) is 0. The van der Waals surface area contributed by atoms with Gasteiger partial charge < -0.3 is 0 Å². The monoisotopic (exact) mass is 196 g/mol. The maximum Gasteiger partial charge on any atom is 0.405 e. The number of carbonyl (C=O) groups excluding carboxylic acids is 2. The van der Waals surface area contributed by atoms with Crippen molar-refractivity contribution in [2.24, 2.45) is 5.92 Å². The van der Waals surface area contributed by atoms with Crippen molar-refractivity contribution < 1.29 is 22.8 Å². The predicted molar refractivity (Wildman–Crippen MR) is 40.1 cm³/mol. The fourth-order valence-corrected chi connectivity index (χ4v) is 0.953. The normalized spacial score (nSPS) is 11.8. The summed E-state index contributed by atoms with van der Waals surface area (Å²) in [7, 11) is 0. The van der Waals surface area contributed by atoms with E-state index < -0.39 is 23.7 Å². The Balaban J connectivity index is 4.76. The Labute approximate surface area is 74.1 Å². The fourth-order valence-electron chi connectivity index (χ4n) is 0.953. The number of alkyl halides is 3. The third kappa shape index (κ3) is 3.16. The summed E-state index contributed by atoms with van der Waals surface area (Å²) in [5.74, 6) is -4.53. The molecular weight excluding hydrogens is 185 g/mol. The number of hydrogen-bond acceptors (Lipinski definition) is 2. The minimum Gasteiger partial charge on any atom is -0.299 e. The van der Waals surface area contributed by atoms with Crippen LogP contribution in [0.3, 0.4) is 0 Å². The maximum atomic E-state index is 12.2. The van der Waals surface area contributed by atoms with E-state index in [9.17, 15) is 22.8 Å². The van der Waals surface area contributed by atoms with E-state index in [-0.39, 0.29) is 12.8 Å². The van der Waals surface area contributed by atoms with Crippen LogP contribution in [0.1, 0.15) is 26.7 Å². The Bertz CT molecular complexity index is 192. The molecule has 0 aromatic heterocycles. The molecule has 0 aromatic rings. The summed E-state index contributed by atoms with van der Waals surface area (Å²) in [6.45, 7) is 2.62. The SMILES string of the molecule is CCC(=O)C(C(=O)CC)C(F)(F)F. The number of rotatable bonds is 4. The van der Waals surface area contributed by atoms with Gasteiger partial charge in [0.1, 0.15) is 0 Å². The van der Waals surface area contributed by atoms with Gasteiger partial charge in [0, 0.05) is 12.8 Å². The van der Waals surface area contributed by atoms with Crippen molar-refractivity contribution >= 4 is 11.6 Å². The van der Waals surface area contributed by atoms with Crippen LogP contribution in [0, 0.1) is 5.92 Å². The van der Waals surface area contributed by atoms with E-state index in [2.05, 4.69) is 0 Å². The summed E-state index contributed by atoms with van der Waals surface area (Å²) in [6, 6.07) is 0. The smallest absolute Gasteiger partial charge is 0.299 e. The van der Waals surface area contributed by atoms with Crippen LogP contribution >= 0.6 is 0 Å². The zero-order valence-corrected chi connectivity index (χ0v) is 7.44. The molecule has 0 rings (SSSR count). The van der Waals surface area contributed by atoms with Crippen LogP contribution in [0.4, 0.5) is 13.2 Å². The average Bonchev–Trinajstić information content (AvgIpc) is 2.01. The number of ketones is 2. The number of Topliss-reactive ketones (excluding diaryl/α,β-unsaturated/α-hetero) is 2. The lowest BCUT2D eigenvalue weighted by atomic mass is 9.95. The van der Waals surface area contributed by atoms with Gasteiger partial charge in [0.25, 0.3) is 0 Å². The molecule has 13 heavy (non-hydrogen) atoms. The molecule has 0 saturated heterocycles. The molecule has 76 valence electrons. The second kappa shape index (κ2) is 4.39. The van der Waals surface area contributed by atoms with Gasteiger partial charge in [-0.1, -0.05) is 13.8 Å². The van der Waals surface area contributed by atoms with Crippen molar-refractivity contribution in [1.82, 2.24) is 0 Å². The minimum absolute atomic E-state index is 0.268. The zero-order valence-electron chi connectivity index (χ0n) is 7.44. The first kappa shape index (κ1) is 12.1. The van der Waals surface area contributed by atoms with Gasteiger partial charge in [-0.3, -0.25) is 9.59 Å². The average molecular weight is 196 g/mol. The third-order valence-electron chi connectivity index (χ3n) is 1.67. The Kier molecular flexibility index (Phi) is 4.10. The van der Waals surface area contributed by atoms with Crippen LogP contribution in [-0.2, 0) is 9.59 Å². The van der Waals surface area contributed by atoms with E-state index >= 15 is 0 Å². The maximum absolute atomic E-state index is 12.2. The van der Waals surface area contributed by atoms with E-state index in [4.69, 9.17) is 0 Å². The molecule has 0 aromatic carbocycles. The van der Waals surface area contributed by atoms with Crippen LogP contribution in [-0.4, -0.2) is 17.7 Å². The summed E-state index contributed by atoms with van der Waals surface area (Å²) in [4.78, 5) is 21.6. The van der Waals surface area contributed by atoms with Crippen molar-refractivity contribution in [2.75, 3.05) is 0 Å². The second-order valence-electron chi connectivity index (χ2n) is 2.61. The highest BCUT2D eigenvalue weighted by Crippen LogP contribution is 2.29. The summed E-state index contributed by atoms with van der Waals surface area (Å²) in [5, 5.41) is 0. The Morgan fingerprint density at radius 3 is 1.54 bits per heavy atom. The van der Waals surface area contributed by atoms with Crippen molar-refractivity contribution in [1.29, 1.82) is 0 Å². The Hall–Kier alpha value is -0.870. The molecule has 0 fully saturated rings. The topological polar surface area (TPSA) is 34.1 Å². The van der Waals surface area contributed by atoms with E-state index in [1.165, 1.54) is 13.8 Å². The van der Waals surface area contributed by atoms with E-state index in [0.717, 1.165) is 0 Å².